The lowest BCUT2D eigenvalue weighted by atomic mass is 10.7. The van der Waals surface area contributed by atoms with Gasteiger partial charge in [0.15, 0.2) is 0 Å². The average molecular weight is 163 g/mol. The Morgan fingerprint density at radius 2 is 2.30 bits per heavy atom. The largest absolute Gasteiger partial charge is 0.378 e. The molecule has 0 aromatic carbocycles. The van der Waals surface area contributed by atoms with Gasteiger partial charge in [0.2, 0.25) is 0 Å². The van der Waals surface area contributed by atoms with Gasteiger partial charge in [-0.05, 0) is 6.08 Å². The van der Waals surface area contributed by atoms with Crippen LogP contribution in [0, 0.1) is 0 Å². The smallest absolute Gasteiger partial charge is 0.268 e. The molecule has 7 heteroatoms. The quantitative estimate of drug-likeness (QED) is 0.491. The van der Waals surface area contributed by atoms with Crippen molar-refractivity contribution in [2.24, 2.45) is 5.10 Å². The van der Waals surface area contributed by atoms with Gasteiger partial charge in [-0.15, -0.1) is 4.41 Å². The van der Waals surface area contributed by atoms with Crippen molar-refractivity contribution in [1.29, 1.82) is 0 Å². The van der Waals surface area contributed by atoms with Crippen molar-refractivity contribution in [3.05, 3.63) is 12.3 Å². The number of hydrazine groups is 1. The molecule has 0 unspecified atom stereocenters. The highest BCUT2D eigenvalue weighted by Crippen LogP contribution is 1.95. The predicted molar refractivity (Wildman–Crippen MR) is 34.2 cm³/mol. The normalized spacial score (nSPS) is 17.1. The highest BCUT2D eigenvalue weighted by Gasteiger charge is 2.13. The van der Waals surface area contributed by atoms with Crippen LogP contribution in [-0.2, 0) is 10.3 Å². The van der Waals surface area contributed by atoms with Gasteiger partial charge in [-0.2, -0.15) is 13.5 Å². The number of allylic oxidation sites excluding steroid dienone is 1. The molecule has 6 nitrogen and oxygen atoms in total. The Hall–Kier alpha value is -1.08. The lowest BCUT2D eigenvalue weighted by Crippen LogP contribution is -2.36. The van der Waals surface area contributed by atoms with Crippen molar-refractivity contribution < 1.29 is 13.0 Å². The second-order valence-corrected chi connectivity index (χ2v) is 2.78. The lowest BCUT2D eigenvalue weighted by molar-refractivity contribution is 0.350. The Morgan fingerprint density at radius 3 is 2.60 bits per heavy atom. The summed E-state index contributed by atoms with van der Waals surface area (Å²) in [5.41, 5.74) is 2.04. The van der Waals surface area contributed by atoms with Crippen molar-refractivity contribution in [1.82, 2.24) is 9.95 Å². The predicted octanol–water partition coefficient (Wildman–Crippen LogP) is -0.891. The van der Waals surface area contributed by atoms with Crippen molar-refractivity contribution in [3.8, 4) is 0 Å². The van der Waals surface area contributed by atoms with Gasteiger partial charge in [0.1, 0.15) is 0 Å². The zero-order chi connectivity index (χ0) is 7.61. The zero-order valence-electron chi connectivity index (χ0n) is 4.80. The van der Waals surface area contributed by atoms with E-state index in [1.165, 1.54) is 12.3 Å². The standard InChI is InChI=1S/C3H5N3O3S/c7-10(8,9)6-3-1-2-4-5-6/h1-3,5H,(H,7,8,9). The fraction of sp³-hybridized carbons (Fsp3) is 0. The van der Waals surface area contributed by atoms with E-state index in [9.17, 15) is 8.42 Å². The van der Waals surface area contributed by atoms with E-state index in [-0.39, 0.29) is 0 Å². The zero-order valence-corrected chi connectivity index (χ0v) is 5.61. The van der Waals surface area contributed by atoms with E-state index in [0.29, 0.717) is 4.41 Å². The minimum Gasteiger partial charge on any atom is -0.268 e. The maximum absolute atomic E-state index is 10.3. The second-order valence-electron chi connectivity index (χ2n) is 1.49. The van der Waals surface area contributed by atoms with Gasteiger partial charge in [0, 0.05) is 6.20 Å². The highest BCUT2D eigenvalue weighted by molar-refractivity contribution is 7.83. The molecular formula is C3H5N3O3S. The number of nitrogens with zero attached hydrogens (tertiary/aromatic N) is 2. The monoisotopic (exact) mass is 163 g/mol. The van der Waals surface area contributed by atoms with Crippen LogP contribution in [0.5, 0.6) is 0 Å². The Labute approximate surface area is 57.7 Å². The summed E-state index contributed by atoms with van der Waals surface area (Å²) in [5.74, 6) is 0. The molecule has 10 heavy (non-hydrogen) atoms. The van der Waals surface area contributed by atoms with E-state index in [1.807, 2.05) is 5.53 Å². The van der Waals surface area contributed by atoms with Crippen LogP contribution < -0.4 is 5.53 Å². The van der Waals surface area contributed by atoms with Crippen molar-refractivity contribution in [2.45, 2.75) is 0 Å². The molecule has 0 fully saturated rings. The van der Waals surface area contributed by atoms with E-state index in [0.717, 1.165) is 6.20 Å². The topological polar surface area (TPSA) is 82.0 Å². The molecule has 0 aromatic rings. The average Bonchev–Trinajstić information content (AvgIpc) is 1.88. The molecule has 1 heterocycles. The van der Waals surface area contributed by atoms with Crippen LogP contribution in [0.15, 0.2) is 17.4 Å². The van der Waals surface area contributed by atoms with Gasteiger partial charge in [-0.25, -0.2) is 5.53 Å². The first-order chi connectivity index (χ1) is 4.61. The van der Waals surface area contributed by atoms with Gasteiger partial charge >= 0.3 is 10.3 Å². The lowest BCUT2D eigenvalue weighted by Gasteiger charge is -2.15. The van der Waals surface area contributed by atoms with Gasteiger partial charge in [0.25, 0.3) is 0 Å². The SMILES string of the molecule is O=S(=O)(O)N1C=CC=NN1. The fourth-order valence-electron chi connectivity index (χ4n) is 0.412. The van der Waals surface area contributed by atoms with Crippen molar-refractivity contribution in [3.63, 3.8) is 0 Å². The van der Waals surface area contributed by atoms with Crippen LogP contribution in [0.4, 0.5) is 0 Å². The molecule has 1 rings (SSSR count). The molecule has 0 atom stereocenters. The number of hydrogen-bond donors (Lipinski definition) is 2. The minimum atomic E-state index is -4.20. The summed E-state index contributed by atoms with van der Waals surface area (Å²) in [6.07, 6.45) is 3.84. The highest BCUT2D eigenvalue weighted by atomic mass is 32.2. The number of rotatable bonds is 1. The Kier molecular flexibility index (Phi) is 1.60. The third-order valence-corrected chi connectivity index (χ3v) is 1.49. The number of nitrogens with one attached hydrogen (secondary N) is 1. The van der Waals surface area contributed by atoms with Gasteiger partial charge < -0.3 is 0 Å². The van der Waals surface area contributed by atoms with Crippen LogP contribution in [0.1, 0.15) is 0 Å². The van der Waals surface area contributed by atoms with E-state index < -0.39 is 10.3 Å². The third-order valence-electron chi connectivity index (χ3n) is 0.787. The Balaban J connectivity index is 2.79. The van der Waals surface area contributed by atoms with Gasteiger partial charge in [0.05, 0.1) is 6.21 Å². The van der Waals surface area contributed by atoms with Crippen LogP contribution in [0.25, 0.3) is 0 Å². The summed E-state index contributed by atoms with van der Waals surface area (Å²) < 4.78 is 29.4. The van der Waals surface area contributed by atoms with E-state index in [2.05, 4.69) is 5.10 Å². The summed E-state index contributed by atoms with van der Waals surface area (Å²) in [5, 5.41) is 3.35. The first-order valence-corrected chi connectivity index (χ1v) is 3.73. The van der Waals surface area contributed by atoms with Crippen LogP contribution in [0.2, 0.25) is 0 Å². The van der Waals surface area contributed by atoms with Gasteiger partial charge in [-0.3, -0.25) is 4.55 Å². The van der Waals surface area contributed by atoms with E-state index in [4.69, 9.17) is 4.55 Å². The second kappa shape index (κ2) is 2.27. The molecule has 0 bridgehead atoms. The molecule has 0 saturated heterocycles. The van der Waals surface area contributed by atoms with Crippen LogP contribution in [-0.4, -0.2) is 23.6 Å². The molecule has 0 saturated carbocycles. The summed E-state index contributed by atoms with van der Waals surface area (Å²) in [7, 11) is -4.20. The van der Waals surface area contributed by atoms with Crippen LogP contribution in [0.3, 0.4) is 0 Å². The summed E-state index contributed by atoms with van der Waals surface area (Å²) in [6.45, 7) is 0. The maximum atomic E-state index is 10.3. The molecular weight excluding hydrogens is 158 g/mol. The van der Waals surface area contributed by atoms with Gasteiger partial charge in [-0.1, -0.05) is 0 Å². The third kappa shape index (κ3) is 1.45. The summed E-state index contributed by atoms with van der Waals surface area (Å²) in [4.78, 5) is 0. The molecule has 1 aliphatic rings. The van der Waals surface area contributed by atoms with E-state index in [1.54, 1.807) is 0 Å². The van der Waals surface area contributed by atoms with Crippen LogP contribution >= 0.6 is 0 Å². The fourth-order valence-corrected chi connectivity index (χ4v) is 0.786. The number of hydrogen-bond acceptors (Lipinski definition) is 4. The summed E-state index contributed by atoms with van der Waals surface area (Å²) in [6, 6.07) is 0. The molecule has 0 aromatic heterocycles. The minimum absolute atomic E-state index is 0.479. The molecule has 2 N–H and O–H groups in total. The maximum Gasteiger partial charge on any atom is 0.378 e. The molecule has 0 aliphatic carbocycles. The molecule has 0 radical (unpaired) electrons. The Bertz CT molecular complexity index is 267. The number of hydrazone groups is 1. The van der Waals surface area contributed by atoms with Crippen molar-refractivity contribution >= 4 is 16.5 Å². The molecule has 0 spiro atoms. The molecule has 56 valence electrons. The van der Waals surface area contributed by atoms with E-state index >= 15 is 0 Å². The molecule has 0 amide bonds. The summed E-state index contributed by atoms with van der Waals surface area (Å²) >= 11 is 0. The molecule has 1 aliphatic heterocycles. The first kappa shape index (κ1) is 7.03. The first-order valence-electron chi connectivity index (χ1n) is 2.33. The van der Waals surface area contributed by atoms with Crippen molar-refractivity contribution in [2.75, 3.05) is 0 Å². The Morgan fingerprint density at radius 1 is 1.60 bits per heavy atom.